The van der Waals surface area contributed by atoms with Crippen LogP contribution >= 0.6 is 0 Å². The molecule has 1 aromatic heterocycles. The number of carbonyl (C=O) groups is 2. The quantitative estimate of drug-likeness (QED) is 0.531. The van der Waals surface area contributed by atoms with Crippen LogP contribution in [0.2, 0.25) is 0 Å². The predicted octanol–water partition coefficient (Wildman–Crippen LogP) is 3.56. The number of hydrogen-bond donors (Lipinski definition) is 2. The highest BCUT2D eigenvalue weighted by Crippen LogP contribution is 2.55. The minimum absolute atomic E-state index is 0.0242. The number of anilines is 1. The van der Waals surface area contributed by atoms with Gasteiger partial charge >= 0.3 is 6.18 Å². The molecule has 2 aliphatic rings. The molecule has 0 bridgehead atoms. The Morgan fingerprint density at radius 1 is 1.24 bits per heavy atom. The molecule has 37 heavy (non-hydrogen) atoms. The van der Waals surface area contributed by atoms with Gasteiger partial charge in [0.1, 0.15) is 11.8 Å². The summed E-state index contributed by atoms with van der Waals surface area (Å²) in [6, 6.07) is 4.29. The number of nitrogens with zero attached hydrogens (tertiary/aromatic N) is 1. The zero-order chi connectivity index (χ0) is 27.1. The van der Waals surface area contributed by atoms with Crippen LogP contribution in [-0.2, 0) is 14.3 Å². The van der Waals surface area contributed by atoms with Crippen molar-refractivity contribution in [3.63, 3.8) is 0 Å². The van der Waals surface area contributed by atoms with Crippen LogP contribution in [0.5, 0.6) is 5.75 Å². The van der Waals surface area contributed by atoms with E-state index >= 15 is 0 Å². The molecule has 3 N–H and O–H groups in total. The van der Waals surface area contributed by atoms with Gasteiger partial charge in [0.05, 0.1) is 19.8 Å². The first kappa shape index (κ1) is 26.7. The fourth-order valence-corrected chi connectivity index (χ4v) is 4.42. The molecule has 0 radical (unpaired) electrons. The number of halogens is 5. The second kappa shape index (κ2) is 9.86. The minimum atomic E-state index is -4.90. The monoisotopic (exact) mass is 529 g/mol. The third-order valence-electron chi connectivity index (χ3n) is 6.82. The number of benzene rings is 1. The van der Waals surface area contributed by atoms with Crippen molar-refractivity contribution in [2.24, 2.45) is 17.6 Å². The molecule has 2 amide bonds. The lowest BCUT2D eigenvalue weighted by molar-refractivity contribution is -0.272. The Labute approximate surface area is 208 Å². The molecule has 2 aromatic rings. The molecule has 13 heteroatoms. The van der Waals surface area contributed by atoms with Gasteiger partial charge in [-0.15, -0.1) is 0 Å². The van der Waals surface area contributed by atoms with E-state index in [4.69, 9.17) is 19.9 Å². The smallest absolute Gasteiger partial charge is 0.417 e. The number of carbonyl (C=O) groups excluding carboxylic acids is 2. The van der Waals surface area contributed by atoms with E-state index in [1.165, 1.54) is 19.2 Å². The zero-order valence-electron chi connectivity index (χ0n) is 19.8. The molecule has 2 saturated heterocycles. The number of aromatic nitrogens is 1. The van der Waals surface area contributed by atoms with Crippen molar-refractivity contribution in [2.75, 3.05) is 25.1 Å². The summed E-state index contributed by atoms with van der Waals surface area (Å²) < 4.78 is 87.4. The van der Waals surface area contributed by atoms with E-state index in [-0.39, 0.29) is 29.5 Å². The topological polar surface area (TPSA) is 113 Å². The Bertz CT molecular complexity index is 1210. The third kappa shape index (κ3) is 4.97. The highest BCUT2D eigenvalue weighted by atomic mass is 19.4. The molecule has 4 atom stereocenters. The molecule has 1 aromatic carbocycles. The maximum absolute atomic E-state index is 14.9. The summed E-state index contributed by atoms with van der Waals surface area (Å²) in [7, 11) is 0. The molecule has 3 heterocycles. The van der Waals surface area contributed by atoms with Crippen LogP contribution in [0, 0.1) is 23.5 Å². The third-order valence-corrected chi connectivity index (χ3v) is 6.82. The van der Waals surface area contributed by atoms with Crippen LogP contribution in [0.25, 0.3) is 0 Å². The van der Waals surface area contributed by atoms with Crippen molar-refractivity contribution < 1.29 is 45.8 Å². The molecular weight excluding hydrogens is 505 g/mol. The van der Waals surface area contributed by atoms with Crippen LogP contribution in [0.15, 0.2) is 30.5 Å². The Balaban J connectivity index is 1.74. The summed E-state index contributed by atoms with van der Waals surface area (Å²) in [5.41, 5.74) is 2.07. The van der Waals surface area contributed by atoms with Crippen LogP contribution < -0.4 is 15.8 Å². The van der Waals surface area contributed by atoms with Crippen LogP contribution in [-0.4, -0.2) is 54.5 Å². The Hall–Kier alpha value is -3.32. The molecule has 2 aliphatic heterocycles. The summed E-state index contributed by atoms with van der Waals surface area (Å²) in [6.07, 6.45) is -5.51. The number of nitrogens with one attached hydrogen (secondary N) is 1. The first-order chi connectivity index (χ1) is 17.3. The number of ether oxygens (including phenoxy) is 3. The zero-order valence-corrected chi connectivity index (χ0v) is 19.8. The summed E-state index contributed by atoms with van der Waals surface area (Å²) in [5.74, 6) is -8.02. The molecule has 0 saturated carbocycles. The Morgan fingerprint density at radius 2 is 1.95 bits per heavy atom. The lowest BCUT2D eigenvalue weighted by Crippen LogP contribution is -2.47. The number of nitrogens with two attached hydrogens (primary N) is 1. The fourth-order valence-electron chi connectivity index (χ4n) is 4.42. The van der Waals surface area contributed by atoms with Gasteiger partial charge in [0.25, 0.3) is 11.8 Å². The van der Waals surface area contributed by atoms with Gasteiger partial charge in [-0.2, -0.15) is 17.6 Å². The van der Waals surface area contributed by atoms with E-state index in [2.05, 4.69) is 10.3 Å². The number of hydrogen-bond acceptors (Lipinski definition) is 6. The van der Waals surface area contributed by atoms with E-state index in [9.17, 15) is 31.5 Å². The van der Waals surface area contributed by atoms with Crippen LogP contribution in [0.3, 0.4) is 0 Å². The van der Waals surface area contributed by atoms with Gasteiger partial charge in [-0.1, -0.05) is 13.0 Å². The molecule has 4 rings (SSSR count). The second-order valence-corrected chi connectivity index (χ2v) is 9.24. The minimum Gasteiger partial charge on any atom is -0.490 e. The number of pyridine rings is 1. The van der Waals surface area contributed by atoms with Gasteiger partial charge in [-0.25, -0.2) is 4.39 Å². The molecule has 0 aliphatic carbocycles. The predicted molar refractivity (Wildman–Crippen MR) is 119 cm³/mol. The van der Waals surface area contributed by atoms with E-state index in [1.807, 2.05) is 0 Å². The normalized spacial score (nSPS) is 26.0. The fraction of sp³-hybridized carbons (Fsp3) is 0.458. The molecule has 8 nitrogen and oxygen atoms in total. The van der Waals surface area contributed by atoms with Crippen molar-refractivity contribution >= 4 is 17.5 Å². The lowest BCUT2D eigenvalue weighted by atomic mass is 9.77. The first-order valence-corrected chi connectivity index (χ1v) is 11.3. The summed E-state index contributed by atoms with van der Waals surface area (Å²) in [6.45, 7) is 2.63. The number of alkyl halides is 3. The van der Waals surface area contributed by atoms with E-state index in [0.29, 0.717) is 13.2 Å². The standard InChI is InChI=1S/C24H24F5N3O5/c1-11-17(14-3-4-15(25)18(26)19(14)36-10-12-8-35-9-12)20(37-23(11,2)24(27,28)29)22(34)32-13-5-6-31-16(7-13)21(30)33/h3-7,11-12,17,20H,8-10H2,1-2H3,(H2,30,33)(H,31,32,34)/t11-,17-,20+,23+/m0/s1. The SMILES string of the molecule is C[C@H]1[C@@H](c2ccc(F)c(F)c2OCC2COC2)[C@H](C(=O)Nc2ccnc(C(N)=O)c2)O[C@@]1(C)C(F)(F)F. The Morgan fingerprint density at radius 3 is 2.54 bits per heavy atom. The van der Waals surface area contributed by atoms with Crippen molar-refractivity contribution in [1.29, 1.82) is 0 Å². The van der Waals surface area contributed by atoms with E-state index in [1.54, 1.807) is 0 Å². The van der Waals surface area contributed by atoms with E-state index < -0.39 is 58.9 Å². The summed E-state index contributed by atoms with van der Waals surface area (Å²) in [5, 5.41) is 2.40. The first-order valence-electron chi connectivity index (χ1n) is 11.3. The van der Waals surface area contributed by atoms with Crippen molar-refractivity contribution in [1.82, 2.24) is 4.98 Å². The Kier molecular flexibility index (Phi) is 7.12. The number of rotatable bonds is 7. The van der Waals surface area contributed by atoms with Gasteiger partial charge in [0.2, 0.25) is 5.82 Å². The maximum atomic E-state index is 14.9. The average Bonchev–Trinajstić information content (AvgIpc) is 3.08. The number of amides is 2. The van der Waals surface area contributed by atoms with E-state index in [0.717, 1.165) is 25.1 Å². The molecule has 2 fully saturated rings. The van der Waals surface area contributed by atoms with Gasteiger partial charge in [0, 0.05) is 35.2 Å². The maximum Gasteiger partial charge on any atom is 0.417 e. The second-order valence-electron chi connectivity index (χ2n) is 9.24. The average molecular weight is 529 g/mol. The summed E-state index contributed by atoms with van der Waals surface area (Å²) >= 11 is 0. The molecule has 200 valence electrons. The summed E-state index contributed by atoms with van der Waals surface area (Å²) in [4.78, 5) is 28.4. The van der Waals surface area contributed by atoms with Crippen LogP contribution in [0.4, 0.5) is 27.6 Å². The van der Waals surface area contributed by atoms with Gasteiger partial charge in [-0.3, -0.25) is 14.6 Å². The largest absolute Gasteiger partial charge is 0.490 e. The van der Waals surface area contributed by atoms with Crippen molar-refractivity contribution in [2.45, 2.75) is 37.6 Å². The molecule has 0 spiro atoms. The van der Waals surface area contributed by atoms with Gasteiger partial charge in [0.15, 0.2) is 17.2 Å². The molecule has 0 unspecified atom stereocenters. The van der Waals surface area contributed by atoms with Crippen molar-refractivity contribution in [3.8, 4) is 5.75 Å². The molecular formula is C24H24F5N3O5. The van der Waals surface area contributed by atoms with Gasteiger partial charge in [-0.05, 0) is 25.1 Å². The number of primary amides is 1. The van der Waals surface area contributed by atoms with Crippen molar-refractivity contribution in [3.05, 3.63) is 53.4 Å². The van der Waals surface area contributed by atoms with Gasteiger partial charge < -0.3 is 25.3 Å². The highest BCUT2D eigenvalue weighted by molar-refractivity contribution is 5.97. The lowest BCUT2D eigenvalue weighted by Gasteiger charge is -2.32. The highest BCUT2D eigenvalue weighted by Gasteiger charge is 2.66. The van der Waals surface area contributed by atoms with Crippen LogP contribution in [0.1, 0.15) is 35.8 Å².